The summed E-state index contributed by atoms with van der Waals surface area (Å²) in [6.07, 6.45) is -1.75. The van der Waals surface area contributed by atoms with Gasteiger partial charge in [0, 0.05) is 13.0 Å². The number of nitrogens with one attached hydrogen (secondary N) is 3. The smallest absolute Gasteiger partial charge is 0.328 e. The van der Waals surface area contributed by atoms with Crippen molar-refractivity contribution in [1.29, 1.82) is 0 Å². The number of carbonyl (C=O) groups is 5. The number of hydrogen-bond acceptors (Lipinski definition) is 9. The Hall–Kier alpha value is -4.44. The van der Waals surface area contributed by atoms with Crippen molar-refractivity contribution in [1.82, 2.24) is 16.0 Å². The van der Waals surface area contributed by atoms with E-state index in [1.807, 2.05) is 5.32 Å². The molecule has 0 aliphatic rings. The number of phenolic OH excluding ortho intramolecular Hbond substituents is 1. The average molecular weight is 553 g/mol. The van der Waals surface area contributed by atoms with Gasteiger partial charge in [0.2, 0.25) is 23.6 Å². The first kappa shape index (κ1) is 32.6. The van der Waals surface area contributed by atoms with Crippen LogP contribution in [0.2, 0.25) is 0 Å². The van der Waals surface area contributed by atoms with Gasteiger partial charge in [-0.25, -0.2) is 4.79 Å². The number of rotatable bonds is 16. The summed E-state index contributed by atoms with van der Waals surface area (Å²) >= 11 is 0. The number of aliphatic hydroxyl groups excluding tert-OH is 1. The monoisotopic (exact) mass is 552 g/mol. The second-order valence-electron chi connectivity index (χ2n) is 8.78. The summed E-state index contributed by atoms with van der Waals surface area (Å²) in [6, 6.07) is 0.0505. The van der Waals surface area contributed by atoms with Crippen LogP contribution in [0.1, 0.15) is 31.7 Å². The summed E-state index contributed by atoms with van der Waals surface area (Å²) in [6.45, 7) is 1.36. The van der Waals surface area contributed by atoms with Crippen LogP contribution < -0.4 is 38.9 Å². The van der Waals surface area contributed by atoms with Crippen LogP contribution in [0.3, 0.4) is 0 Å². The fourth-order valence-corrected chi connectivity index (χ4v) is 3.33. The number of nitrogens with two attached hydrogens (primary N) is 4. The lowest BCUT2D eigenvalue weighted by Gasteiger charge is -2.25. The van der Waals surface area contributed by atoms with E-state index < -0.39 is 66.3 Å². The third-order valence-corrected chi connectivity index (χ3v) is 5.40. The lowest BCUT2D eigenvalue weighted by Crippen LogP contribution is -2.59. The molecule has 0 aliphatic heterocycles. The molecule has 0 saturated heterocycles. The number of aromatic hydroxyl groups is 1. The molecule has 39 heavy (non-hydrogen) atoms. The Bertz CT molecular complexity index is 1040. The molecule has 5 unspecified atom stereocenters. The highest BCUT2D eigenvalue weighted by atomic mass is 16.4. The number of phenols is 1. The summed E-state index contributed by atoms with van der Waals surface area (Å²) in [7, 11) is 0. The van der Waals surface area contributed by atoms with E-state index in [4.69, 9.17) is 22.9 Å². The summed E-state index contributed by atoms with van der Waals surface area (Å²) in [4.78, 5) is 65.3. The number of aliphatic imine (C=N–C) groups is 1. The molecule has 4 amide bonds. The zero-order chi connectivity index (χ0) is 29.7. The van der Waals surface area contributed by atoms with Crippen molar-refractivity contribution >= 4 is 35.6 Å². The van der Waals surface area contributed by atoms with E-state index >= 15 is 0 Å². The van der Waals surface area contributed by atoms with Gasteiger partial charge >= 0.3 is 5.97 Å². The maximum absolute atomic E-state index is 13.2. The predicted octanol–water partition coefficient (Wildman–Crippen LogP) is -3.89. The number of nitrogens with zero attached hydrogens (tertiary/aromatic N) is 1. The maximum Gasteiger partial charge on any atom is 0.328 e. The molecule has 0 aliphatic carbocycles. The molecular formula is C23H36N8O8. The van der Waals surface area contributed by atoms with Crippen molar-refractivity contribution in [3.05, 3.63) is 29.8 Å². The minimum Gasteiger partial charge on any atom is -0.508 e. The van der Waals surface area contributed by atoms with Crippen molar-refractivity contribution in [2.45, 2.75) is 62.9 Å². The first-order valence-electron chi connectivity index (χ1n) is 11.9. The number of carbonyl (C=O) groups excluding carboxylic acids is 4. The van der Waals surface area contributed by atoms with E-state index in [1.165, 1.54) is 24.3 Å². The fourth-order valence-electron chi connectivity index (χ4n) is 3.33. The summed E-state index contributed by atoms with van der Waals surface area (Å²) < 4.78 is 0. The van der Waals surface area contributed by atoms with Gasteiger partial charge in [-0.3, -0.25) is 24.2 Å². The molecule has 0 heterocycles. The molecule has 1 aromatic rings. The van der Waals surface area contributed by atoms with Crippen LogP contribution in [0.5, 0.6) is 5.75 Å². The van der Waals surface area contributed by atoms with Crippen molar-refractivity contribution in [2.24, 2.45) is 27.9 Å². The molecule has 1 rings (SSSR count). The standard InChI is InChI=1S/C23H36N8O8/c1-11(32)18(22(38)39)31-21(37)16(10-17(25)34)30-20(36)15(9-12-4-6-13(33)7-5-12)29-19(35)14(24)3-2-8-28-23(26)27/h4-7,11,14-16,18,32-33H,2-3,8-10,24H2,1H3,(H2,25,34)(H,29,35)(H,30,36)(H,31,37)(H,38,39)(H4,26,27,28). The molecule has 0 spiro atoms. The second-order valence-corrected chi connectivity index (χ2v) is 8.78. The van der Waals surface area contributed by atoms with Gasteiger partial charge in [0.1, 0.15) is 17.8 Å². The van der Waals surface area contributed by atoms with E-state index in [-0.39, 0.29) is 31.1 Å². The third-order valence-electron chi connectivity index (χ3n) is 5.40. The Morgan fingerprint density at radius 1 is 0.923 bits per heavy atom. The Balaban J connectivity index is 3.10. The van der Waals surface area contributed by atoms with Gasteiger partial charge in [0.15, 0.2) is 12.0 Å². The minimum absolute atomic E-state index is 0.0316. The van der Waals surface area contributed by atoms with Gasteiger partial charge < -0.3 is 54.2 Å². The number of amides is 4. The normalized spacial score (nSPS) is 14.5. The van der Waals surface area contributed by atoms with Crippen LogP contribution in [0.4, 0.5) is 0 Å². The number of carboxylic acids is 1. The zero-order valence-electron chi connectivity index (χ0n) is 21.4. The Morgan fingerprint density at radius 2 is 1.49 bits per heavy atom. The van der Waals surface area contributed by atoms with E-state index in [2.05, 4.69) is 15.6 Å². The van der Waals surface area contributed by atoms with Crippen molar-refractivity contribution in [3.8, 4) is 5.75 Å². The molecule has 216 valence electrons. The Kier molecular flexibility index (Phi) is 13.1. The molecule has 16 nitrogen and oxygen atoms in total. The molecule has 0 fully saturated rings. The van der Waals surface area contributed by atoms with Crippen LogP contribution in [-0.4, -0.2) is 87.7 Å². The lowest BCUT2D eigenvalue weighted by molar-refractivity contribution is -0.145. The number of hydrogen-bond donors (Lipinski definition) is 10. The number of primary amides is 1. The molecule has 5 atom stereocenters. The highest BCUT2D eigenvalue weighted by Gasteiger charge is 2.32. The third kappa shape index (κ3) is 12.1. The van der Waals surface area contributed by atoms with Gasteiger partial charge in [-0.05, 0) is 37.5 Å². The first-order valence-corrected chi connectivity index (χ1v) is 11.9. The quantitative estimate of drug-likeness (QED) is 0.0537. The molecular weight excluding hydrogens is 516 g/mol. The molecule has 0 bridgehead atoms. The van der Waals surface area contributed by atoms with Gasteiger partial charge in [-0.2, -0.15) is 0 Å². The van der Waals surface area contributed by atoms with E-state index in [0.29, 0.717) is 12.0 Å². The van der Waals surface area contributed by atoms with Gasteiger partial charge in [0.05, 0.1) is 18.6 Å². The van der Waals surface area contributed by atoms with Gasteiger partial charge in [-0.1, -0.05) is 12.1 Å². The van der Waals surface area contributed by atoms with Crippen LogP contribution in [0.15, 0.2) is 29.3 Å². The summed E-state index contributed by atoms with van der Waals surface area (Å²) in [5.41, 5.74) is 22.2. The molecule has 1 aromatic carbocycles. The zero-order valence-corrected chi connectivity index (χ0v) is 21.4. The van der Waals surface area contributed by atoms with E-state index in [0.717, 1.165) is 6.92 Å². The van der Waals surface area contributed by atoms with Gasteiger partial charge in [0.25, 0.3) is 0 Å². The molecule has 14 N–H and O–H groups in total. The second kappa shape index (κ2) is 15.7. The Labute approximate surface area is 224 Å². The largest absolute Gasteiger partial charge is 0.508 e. The summed E-state index contributed by atoms with van der Waals surface area (Å²) in [5.74, 6) is -5.38. The first-order chi connectivity index (χ1) is 18.2. The molecule has 0 aromatic heterocycles. The summed E-state index contributed by atoms with van der Waals surface area (Å²) in [5, 5.41) is 35.2. The number of aliphatic carboxylic acids is 1. The molecule has 16 heteroatoms. The van der Waals surface area contributed by atoms with E-state index in [9.17, 15) is 39.3 Å². The van der Waals surface area contributed by atoms with Crippen LogP contribution in [-0.2, 0) is 30.4 Å². The fraction of sp³-hybridized carbons (Fsp3) is 0.478. The average Bonchev–Trinajstić information content (AvgIpc) is 2.84. The topological polar surface area (TPSA) is 299 Å². The number of guanidine groups is 1. The molecule has 0 radical (unpaired) electrons. The van der Waals surface area contributed by atoms with E-state index in [1.54, 1.807) is 0 Å². The number of carboxylic acid groups (broad SMARTS) is 1. The van der Waals surface area contributed by atoms with Crippen LogP contribution in [0.25, 0.3) is 0 Å². The lowest BCUT2D eigenvalue weighted by atomic mass is 10.0. The maximum atomic E-state index is 13.2. The molecule has 0 saturated carbocycles. The minimum atomic E-state index is -1.73. The van der Waals surface area contributed by atoms with Crippen molar-refractivity contribution in [3.63, 3.8) is 0 Å². The van der Waals surface area contributed by atoms with Crippen LogP contribution >= 0.6 is 0 Å². The van der Waals surface area contributed by atoms with Crippen molar-refractivity contribution in [2.75, 3.05) is 6.54 Å². The number of aliphatic hydroxyl groups is 1. The Morgan fingerprint density at radius 3 is 2.00 bits per heavy atom. The SMILES string of the molecule is CC(O)C(NC(=O)C(CC(N)=O)NC(=O)C(Cc1ccc(O)cc1)NC(=O)C(N)CCCN=C(N)N)C(=O)O. The predicted molar refractivity (Wildman–Crippen MR) is 139 cm³/mol. The van der Waals surface area contributed by atoms with Crippen LogP contribution in [0, 0.1) is 0 Å². The number of benzene rings is 1. The van der Waals surface area contributed by atoms with Gasteiger partial charge in [-0.15, -0.1) is 0 Å². The highest BCUT2D eigenvalue weighted by molar-refractivity contribution is 5.96. The van der Waals surface area contributed by atoms with Crippen molar-refractivity contribution < 1.29 is 39.3 Å². The highest BCUT2D eigenvalue weighted by Crippen LogP contribution is 2.12.